The van der Waals surface area contributed by atoms with E-state index in [1.165, 1.54) is 17.3 Å². The first kappa shape index (κ1) is 15.7. The minimum absolute atomic E-state index is 0.692. The number of furan rings is 1. The summed E-state index contributed by atoms with van der Waals surface area (Å²) in [6.07, 6.45) is 7.11. The third-order valence-electron chi connectivity index (χ3n) is 3.35. The lowest BCUT2D eigenvalue weighted by Gasteiger charge is -2.18. The van der Waals surface area contributed by atoms with Crippen LogP contribution in [0.25, 0.3) is 0 Å². The smallest absolute Gasteiger partial charge is 0.195 e. The Hall–Kier alpha value is -2.18. The highest BCUT2D eigenvalue weighted by molar-refractivity contribution is 7.99. The Morgan fingerprint density at radius 1 is 1.00 bits per heavy atom. The second-order valence-corrected chi connectivity index (χ2v) is 5.98. The zero-order valence-electron chi connectivity index (χ0n) is 12.9. The summed E-state index contributed by atoms with van der Waals surface area (Å²) in [5.41, 5.74) is 1.25. The Bertz CT molecular complexity index is 718. The van der Waals surface area contributed by atoms with Gasteiger partial charge in [-0.3, -0.25) is 9.88 Å². The first-order valence-electron chi connectivity index (χ1n) is 7.48. The van der Waals surface area contributed by atoms with Crippen LogP contribution in [0, 0.1) is 0 Å². The maximum Gasteiger partial charge on any atom is 0.195 e. The molecule has 0 atom stereocenters. The first-order chi connectivity index (χ1) is 11.3. The third-order valence-corrected chi connectivity index (χ3v) is 4.17. The molecule has 0 aliphatic heterocycles. The number of nitrogens with zero attached hydrogens (tertiary/aromatic N) is 4. The molecule has 0 radical (unpaired) electrons. The van der Waals surface area contributed by atoms with Crippen LogP contribution in [0.4, 0.5) is 0 Å². The summed E-state index contributed by atoms with van der Waals surface area (Å²) < 4.78 is 5.89. The first-order valence-corrected chi connectivity index (χ1v) is 8.30. The quantitative estimate of drug-likeness (QED) is 0.618. The normalized spacial score (nSPS) is 11.0. The monoisotopic (exact) mass is 326 g/mol. The van der Waals surface area contributed by atoms with Crippen LogP contribution in [0.15, 0.2) is 69.8 Å². The van der Waals surface area contributed by atoms with Crippen LogP contribution in [0.1, 0.15) is 18.2 Å². The fourth-order valence-corrected chi connectivity index (χ4v) is 2.86. The molecule has 0 aliphatic carbocycles. The van der Waals surface area contributed by atoms with Gasteiger partial charge in [0.2, 0.25) is 0 Å². The largest absolute Gasteiger partial charge is 0.453 e. The fourth-order valence-electron chi connectivity index (χ4n) is 2.17. The Morgan fingerprint density at radius 3 is 2.52 bits per heavy atom. The molecular weight excluding hydrogens is 308 g/mol. The summed E-state index contributed by atoms with van der Waals surface area (Å²) in [5.74, 6) is 0.944. The van der Waals surface area contributed by atoms with Crippen molar-refractivity contribution in [2.75, 3.05) is 6.54 Å². The van der Waals surface area contributed by atoms with E-state index < -0.39 is 0 Å². The van der Waals surface area contributed by atoms with Gasteiger partial charge < -0.3 is 4.42 Å². The Morgan fingerprint density at radius 2 is 1.78 bits per heavy atom. The molecule has 5 nitrogen and oxygen atoms in total. The van der Waals surface area contributed by atoms with Crippen LogP contribution in [0.3, 0.4) is 0 Å². The minimum Gasteiger partial charge on any atom is -0.453 e. The van der Waals surface area contributed by atoms with Gasteiger partial charge in [0.05, 0.1) is 6.54 Å². The number of pyridine rings is 1. The lowest BCUT2D eigenvalue weighted by atomic mass is 10.2. The summed E-state index contributed by atoms with van der Waals surface area (Å²) in [5, 5.41) is 1.50. The van der Waals surface area contributed by atoms with Crippen molar-refractivity contribution < 1.29 is 4.42 Å². The standard InChI is InChI=1S/C17H18N4OS/c1-2-21(12-14-6-10-18-11-7-14)13-15-4-5-16(22-15)23-17-19-8-3-9-20-17/h3-11H,2,12-13H2,1H3. The van der Waals surface area contributed by atoms with Crippen LogP contribution in [-0.4, -0.2) is 26.4 Å². The predicted molar refractivity (Wildman–Crippen MR) is 88.9 cm³/mol. The molecule has 0 fully saturated rings. The molecule has 3 heterocycles. The van der Waals surface area contributed by atoms with Crippen LogP contribution in [0.5, 0.6) is 0 Å². The van der Waals surface area contributed by atoms with Crippen LogP contribution >= 0.6 is 11.8 Å². The lowest BCUT2D eigenvalue weighted by Crippen LogP contribution is -2.21. The molecule has 3 aromatic heterocycles. The summed E-state index contributed by atoms with van der Waals surface area (Å²) >= 11 is 1.43. The van der Waals surface area contributed by atoms with Crippen molar-refractivity contribution in [3.05, 3.63) is 66.4 Å². The SMILES string of the molecule is CCN(Cc1ccncc1)Cc1ccc(Sc2ncccn2)o1. The number of hydrogen-bond donors (Lipinski definition) is 0. The topological polar surface area (TPSA) is 55.1 Å². The van der Waals surface area contributed by atoms with E-state index >= 15 is 0 Å². The van der Waals surface area contributed by atoms with E-state index in [1.807, 2.05) is 36.7 Å². The summed E-state index contributed by atoms with van der Waals surface area (Å²) in [4.78, 5) is 14.8. The molecule has 23 heavy (non-hydrogen) atoms. The van der Waals surface area contributed by atoms with E-state index in [4.69, 9.17) is 4.42 Å². The van der Waals surface area contributed by atoms with Gasteiger partial charge >= 0.3 is 0 Å². The minimum atomic E-state index is 0.692. The van der Waals surface area contributed by atoms with E-state index in [1.54, 1.807) is 18.5 Å². The molecule has 0 saturated carbocycles. The lowest BCUT2D eigenvalue weighted by molar-refractivity contribution is 0.240. The molecule has 0 N–H and O–H groups in total. The van der Waals surface area contributed by atoms with Crippen molar-refractivity contribution >= 4 is 11.8 Å². The molecule has 0 unspecified atom stereocenters. The number of aromatic nitrogens is 3. The van der Waals surface area contributed by atoms with E-state index in [0.717, 1.165) is 30.5 Å². The van der Waals surface area contributed by atoms with Gasteiger partial charge in [0.1, 0.15) is 5.76 Å². The number of rotatable bonds is 7. The Kier molecular flexibility index (Phi) is 5.39. The molecule has 0 aromatic carbocycles. The highest BCUT2D eigenvalue weighted by Gasteiger charge is 2.10. The van der Waals surface area contributed by atoms with Crippen LogP contribution in [-0.2, 0) is 13.1 Å². The molecular formula is C17H18N4OS. The summed E-state index contributed by atoms with van der Waals surface area (Å²) in [6, 6.07) is 9.87. The third kappa shape index (κ3) is 4.64. The van der Waals surface area contributed by atoms with Gasteiger partial charge in [0, 0.05) is 31.3 Å². The molecule has 0 amide bonds. The average Bonchev–Trinajstić information content (AvgIpc) is 3.03. The van der Waals surface area contributed by atoms with Crippen molar-refractivity contribution in [1.82, 2.24) is 19.9 Å². The van der Waals surface area contributed by atoms with Gasteiger partial charge in [0.25, 0.3) is 0 Å². The van der Waals surface area contributed by atoms with E-state index in [2.05, 4.69) is 26.8 Å². The van der Waals surface area contributed by atoms with Crippen LogP contribution < -0.4 is 0 Å². The maximum absolute atomic E-state index is 5.89. The number of hydrogen-bond acceptors (Lipinski definition) is 6. The molecule has 0 aliphatic rings. The van der Waals surface area contributed by atoms with Crippen molar-refractivity contribution in [3.63, 3.8) is 0 Å². The van der Waals surface area contributed by atoms with Gasteiger partial charge in [-0.25, -0.2) is 9.97 Å². The molecule has 118 valence electrons. The van der Waals surface area contributed by atoms with E-state index in [0.29, 0.717) is 5.16 Å². The molecule has 0 saturated heterocycles. The molecule has 3 aromatic rings. The van der Waals surface area contributed by atoms with Gasteiger partial charge in [-0.1, -0.05) is 6.92 Å². The second kappa shape index (κ2) is 7.89. The average molecular weight is 326 g/mol. The Balaban J connectivity index is 1.61. The molecule has 6 heteroatoms. The Labute approximate surface area is 139 Å². The van der Waals surface area contributed by atoms with Gasteiger partial charge in [0.15, 0.2) is 10.2 Å². The molecule has 3 rings (SSSR count). The van der Waals surface area contributed by atoms with Crippen molar-refractivity contribution in [3.8, 4) is 0 Å². The second-order valence-electron chi connectivity index (χ2n) is 5.01. The summed E-state index contributed by atoms with van der Waals surface area (Å²) in [6.45, 7) is 4.75. The summed E-state index contributed by atoms with van der Waals surface area (Å²) in [7, 11) is 0. The highest BCUT2D eigenvalue weighted by atomic mass is 32.2. The van der Waals surface area contributed by atoms with Crippen LogP contribution in [0.2, 0.25) is 0 Å². The van der Waals surface area contributed by atoms with Gasteiger partial charge in [-0.05, 0) is 54.2 Å². The van der Waals surface area contributed by atoms with Gasteiger partial charge in [-0.2, -0.15) is 0 Å². The van der Waals surface area contributed by atoms with Crippen molar-refractivity contribution in [1.29, 1.82) is 0 Å². The predicted octanol–water partition coefficient (Wildman–Crippen LogP) is 3.64. The van der Waals surface area contributed by atoms with Crippen molar-refractivity contribution in [2.24, 2.45) is 0 Å². The molecule has 0 bridgehead atoms. The van der Waals surface area contributed by atoms with Gasteiger partial charge in [-0.15, -0.1) is 0 Å². The highest BCUT2D eigenvalue weighted by Crippen LogP contribution is 2.26. The molecule has 0 spiro atoms. The zero-order chi connectivity index (χ0) is 15.9. The zero-order valence-corrected chi connectivity index (χ0v) is 13.7. The van der Waals surface area contributed by atoms with Crippen molar-refractivity contribution in [2.45, 2.75) is 30.3 Å². The maximum atomic E-state index is 5.89. The fraction of sp³-hybridized carbons (Fsp3) is 0.235. The van der Waals surface area contributed by atoms with E-state index in [9.17, 15) is 0 Å². The van der Waals surface area contributed by atoms with E-state index in [-0.39, 0.29) is 0 Å².